The van der Waals surface area contributed by atoms with Crippen LogP contribution < -0.4 is 10.2 Å². The van der Waals surface area contributed by atoms with E-state index in [1.165, 1.54) is 0 Å². The molecule has 2 aromatic carbocycles. The van der Waals surface area contributed by atoms with Crippen LogP contribution in [0.15, 0.2) is 51.7 Å². The molecule has 1 unspecified atom stereocenters. The molecule has 6 nitrogen and oxygen atoms in total. The number of ether oxygens (including phenoxy) is 1. The van der Waals surface area contributed by atoms with Gasteiger partial charge in [-0.25, -0.2) is 0 Å². The highest BCUT2D eigenvalue weighted by Gasteiger charge is 2.42. The van der Waals surface area contributed by atoms with E-state index < -0.39 is 6.04 Å². The number of fused-ring (bicyclic) bond motifs is 2. The van der Waals surface area contributed by atoms with Crippen molar-refractivity contribution in [1.82, 2.24) is 9.80 Å². The highest BCUT2D eigenvalue weighted by atomic mass is 16.5. The lowest BCUT2D eigenvalue weighted by Gasteiger charge is -2.28. The third-order valence-corrected chi connectivity index (χ3v) is 6.81. The van der Waals surface area contributed by atoms with Crippen molar-refractivity contribution in [3.05, 3.63) is 75.1 Å². The topological polar surface area (TPSA) is 63.0 Å². The first-order chi connectivity index (χ1) is 16.8. The molecule has 1 aliphatic heterocycles. The summed E-state index contributed by atoms with van der Waals surface area (Å²) in [5, 5.41) is 0.511. The van der Waals surface area contributed by atoms with Crippen LogP contribution in [0, 0.1) is 12.8 Å². The second kappa shape index (κ2) is 10.6. The Morgan fingerprint density at radius 2 is 1.86 bits per heavy atom. The van der Waals surface area contributed by atoms with E-state index >= 15 is 0 Å². The van der Waals surface area contributed by atoms with E-state index in [0.717, 1.165) is 42.9 Å². The fourth-order valence-corrected chi connectivity index (χ4v) is 4.69. The number of aryl methyl sites for hydroxylation is 1. The van der Waals surface area contributed by atoms with Gasteiger partial charge in [-0.2, -0.15) is 0 Å². The summed E-state index contributed by atoms with van der Waals surface area (Å²) in [5.74, 6) is 1.22. The van der Waals surface area contributed by atoms with Crippen LogP contribution in [0.1, 0.15) is 67.4 Å². The van der Waals surface area contributed by atoms with E-state index in [4.69, 9.17) is 9.15 Å². The lowest BCUT2D eigenvalue weighted by Crippen LogP contribution is -2.37. The molecule has 3 aromatic rings. The summed E-state index contributed by atoms with van der Waals surface area (Å²) in [6.07, 6.45) is 0.958. The molecule has 0 N–H and O–H groups in total. The van der Waals surface area contributed by atoms with Gasteiger partial charge in [0.2, 0.25) is 5.76 Å². The first-order valence-electron chi connectivity index (χ1n) is 12.7. The summed E-state index contributed by atoms with van der Waals surface area (Å²) in [6.45, 7) is 14.1. The van der Waals surface area contributed by atoms with Crippen LogP contribution >= 0.6 is 0 Å². The van der Waals surface area contributed by atoms with Crippen molar-refractivity contribution in [3.63, 3.8) is 0 Å². The SMILES string of the molecule is CCN(CC)CCN1C(=O)c2oc3ccc(C)cc3c(=O)c2C1c1cccc(OCCC(C)C)c1. The fourth-order valence-electron chi connectivity index (χ4n) is 4.69. The summed E-state index contributed by atoms with van der Waals surface area (Å²) < 4.78 is 12.1. The predicted molar refractivity (Wildman–Crippen MR) is 139 cm³/mol. The zero-order valence-electron chi connectivity index (χ0n) is 21.5. The first kappa shape index (κ1) is 25.0. The molecule has 0 aliphatic carbocycles. The van der Waals surface area contributed by atoms with Gasteiger partial charge >= 0.3 is 0 Å². The summed E-state index contributed by atoms with van der Waals surface area (Å²) in [4.78, 5) is 31.4. The van der Waals surface area contributed by atoms with E-state index in [1.54, 1.807) is 11.0 Å². The Labute approximate surface area is 207 Å². The van der Waals surface area contributed by atoms with Crippen molar-refractivity contribution in [2.75, 3.05) is 32.8 Å². The Bertz CT molecular complexity index is 1260. The maximum Gasteiger partial charge on any atom is 0.290 e. The quantitative estimate of drug-likeness (QED) is 0.391. The monoisotopic (exact) mass is 476 g/mol. The van der Waals surface area contributed by atoms with Gasteiger partial charge in [-0.1, -0.05) is 51.5 Å². The molecule has 1 atom stereocenters. The number of rotatable bonds is 10. The molecule has 1 amide bonds. The molecule has 35 heavy (non-hydrogen) atoms. The molecule has 0 saturated heterocycles. The van der Waals surface area contributed by atoms with Gasteiger partial charge in [0.25, 0.3) is 5.91 Å². The van der Waals surface area contributed by atoms with Gasteiger partial charge in [0.05, 0.1) is 23.6 Å². The van der Waals surface area contributed by atoms with Crippen molar-refractivity contribution in [3.8, 4) is 5.75 Å². The zero-order chi connectivity index (χ0) is 25.1. The summed E-state index contributed by atoms with van der Waals surface area (Å²) in [6, 6.07) is 12.8. The summed E-state index contributed by atoms with van der Waals surface area (Å²) in [5.41, 5.74) is 2.57. The average molecular weight is 477 g/mol. The van der Waals surface area contributed by atoms with E-state index in [2.05, 4.69) is 32.6 Å². The number of nitrogens with zero attached hydrogens (tertiary/aromatic N) is 2. The molecular formula is C29H36N2O4. The third kappa shape index (κ3) is 5.13. The maximum absolute atomic E-state index is 13.7. The lowest BCUT2D eigenvalue weighted by molar-refractivity contribution is 0.0708. The van der Waals surface area contributed by atoms with Crippen LogP contribution in [-0.2, 0) is 0 Å². The minimum atomic E-state index is -0.511. The Kier molecular flexibility index (Phi) is 7.60. The van der Waals surface area contributed by atoms with Gasteiger partial charge in [-0.15, -0.1) is 0 Å². The largest absolute Gasteiger partial charge is 0.494 e. The van der Waals surface area contributed by atoms with E-state index in [-0.39, 0.29) is 17.1 Å². The number of benzene rings is 2. The average Bonchev–Trinajstić information content (AvgIpc) is 3.12. The molecule has 4 rings (SSSR count). The second-order valence-corrected chi connectivity index (χ2v) is 9.71. The molecule has 1 aromatic heterocycles. The minimum Gasteiger partial charge on any atom is -0.494 e. The Hall–Kier alpha value is -3.12. The number of carbonyl (C=O) groups is 1. The van der Waals surface area contributed by atoms with Gasteiger partial charge in [-0.3, -0.25) is 9.59 Å². The minimum absolute atomic E-state index is 0.139. The number of hydrogen-bond acceptors (Lipinski definition) is 5. The molecule has 6 heteroatoms. The van der Waals surface area contributed by atoms with E-state index in [9.17, 15) is 9.59 Å². The van der Waals surface area contributed by atoms with Gasteiger partial charge < -0.3 is 19.0 Å². The van der Waals surface area contributed by atoms with Crippen molar-refractivity contribution < 1.29 is 13.9 Å². The first-order valence-corrected chi connectivity index (χ1v) is 12.7. The van der Waals surface area contributed by atoms with Crippen LogP contribution in [0.5, 0.6) is 5.75 Å². The van der Waals surface area contributed by atoms with Gasteiger partial charge in [0.1, 0.15) is 11.3 Å². The number of carbonyl (C=O) groups excluding carboxylic acids is 1. The molecule has 2 heterocycles. The van der Waals surface area contributed by atoms with Crippen molar-refractivity contribution >= 4 is 16.9 Å². The maximum atomic E-state index is 13.7. The predicted octanol–water partition coefficient (Wildman–Crippen LogP) is 5.41. The lowest BCUT2D eigenvalue weighted by atomic mass is 9.98. The van der Waals surface area contributed by atoms with E-state index in [1.807, 2.05) is 43.3 Å². The van der Waals surface area contributed by atoms with Crippen molar-refractivity contribution in [1.29, 1.82) is 0 Å². The third-order valence-electron chi connectivity index (χ3n) is 6.81. The van der Waals surface area contributed by atoms with Crippen LogP contribution in [0.25, 0.3) is 11.0 Å². The number of amides is 1. The molecule has 0 saturated carbocycles. The van der Waals surface area contributed by atoms with E-state index in [0.29, 0.717) is 35.6 Å². The standard InChI is InChI=1S/C29H36N2O4/c1-6-30(7-2)14-15-31-26(21-9-8-10-22(18-21)34-16-13-19(3)4)25-27(32)23-17-20(5)11-12-24(23)35-28(25)29(31)33/h8-12,17-19,26H,6-7,13-16H2,1-5H3. The smallest absolute Gasteiger partial charge is 0.290 e. The van der Waals surface area contributed by atoms with Gasteiger partial charge in [-0.05, 0) is 62.2 Å². The second-order valence-electron chi connectivity index (χ2n) is 9.71. The number of likely N-dealkylation sites (N-methyl/N-ethyl adjacent to an activating group) is 1. The Balaban J connectivity index is 1.79. The molecule has 1 aliphatic rings. The molecule has 0 radical (unpaired) electrons. The zero-order valence-corrected chi connectivity index (χ0v) is 21.5. The molecule has 0 bridgehead atoms. The Morgan fingerprint density at radius 1 is 1.09 bits per heavy atom. The van der Waals surface area contributed by atoms with Gasteiger partial charge in [0, 0.05) is 13.1 Å². The fraction of sp³-hybridized carbons (Fsp3) is 0.448. The van der Waals surface area contributed by atoms with Crippen LogP contribution in [0.4, 0.5) is 0 Å². The normalized spacial score (nSPS) is 15.5. The van der Waals surface area contributed by atoms with Crippen LogP contribution in [0.3, 0.4) is 0 Å². The Morgan fingerprint density at radius 3 is 2.57 bits per heavy atom. The molecule has 186 valence electrons. The molecular weight excluding hydrogens is 440 g/mol. The molecule has 0 spiro atoms. The van der Waals surface area contributed by atoms with Crippen molar-refractivity contribution in [2.45, 2.75) is 47.1 Å². The van der Waals surface area contributed by atoms with Crippen LogP contribution in [-0.4, -0.2) is 48.5 Å². The number of hydrogen-bond donors (Lipinski definition) is 0. The molecule has 0 fully saturated rings. The van der Waals surface area contributed by atoms with Gasteiger partial charge in [0.15, 0.2) is 5.43 Å². The summed E-state index contributed by atoms with van der Waals surface area (Å²) in [7, 11) is 0. The summed E-state index contributed by atoms with van der Waals surface area (Å²) >= 11 is 0. The van der Waals surface area contributed by atoms with Crippen LogP contribution in [0.2, 0.25) is 0 Å². The van der Waals surface area contributed by atoms with Crippen molar-refractivity contribution in [2.24, 2.45) is 5.92 Å². The highest BCUT2D eigenvalue weighted by Crippen LogP contribution is 2.39. The highest BCUT2D eigenvalue weighted by molar-refractivity contribution is 5.99.